The smallest absolute Gasteiger partial charge is 0.258 e. The molecule has 2 aliphatic heterocycles. The number of benzene rings is 3. The molecule has 3 N–H and O–H groups in total. The molecule has 8 heteroatoms. The van der Waals surface area contributed by atoms with Gasteiger partial charge >= 0.3 is 0 Å². The Labute approximate surface area is 255 Å². The molecule has 3 aromatic rings. The van der Waals surface area contributed by atoms with Crippen LogP contribution < -0.4 is 15.4 Å². The highest BCUT2D eigenvalue weighted by Crippen LogP contribution is 2.35. The number of ether oxygens (including phenoxy) is 1. The quantitative estimate of drug-likeness (QED) is 0.339. The van der Waals surface area contributed by atoms with Gasteiger partial charge in [0.15, 0.2) is 5.75 Å². The average Bonchev–Trinajstić information content (AvgIpc) is 3.03. The van der Waals surface area contributed by atoms with Crippen LogP contribution in [0.5, 0.6) is 5.75 Å². The van der Waals surface area contributed by atoms with Crippen LogP contribution in [0.1, 0.15) is 42.6 Å². The SMILES string of the molecule is C[C@H]1CN([C@@H](C)CO)C(=O)c2cccc(NC(=O)C3CCNCC3)c2O[C@@H]1CN(C)Cc1ccc(-c2ccccc2)cc1. The maximum Gasteiger partial charge on any atom is 0.258 e. The third kappa shape index (κ3) is 7.44. The zero-order valence-corrected chi connectivity index (χ0v) is 25.5. The predicted octanol–water partition coefficient (Wildman–Crippen LogP) is 4.64. The standard InChI is InChI=1S/C35H44N4O4/c1-24-20-39(25(2)23-40)35(42)30-10-7-11-31(37-34(41)29-16-18-36-19-17-29)33(30)43-32(24)22-38(3)21-26-12-14-28(15-13-26)27-8-5-4-6-9-27/h4-15,24-25,29,32,36,40H,16-23H2,1-3H3,(H,37,41)/t24-,25-,32+/m0/s1. The zero-order chi connectivity index (χ0) is 30.3. The second kappa shape index (κ2) is 14.2. The number of likely N-dealkylation sites (N-methyl/N-ethyl adjacent to an activating group) is 1. The van der Waals surface area contributed by atoms with Gasteiger partial charge in [-0.25, -0.2) is 0 Å². The number of hydrogen-bond donors (Lipinski definition) is 3. The molecule has 0 unspecified atom stereocenters. The van der Waals surface area contributed by atoms with Gasteiger partial charge in [0.2, 0.25) is 5.91 Å². The summed E-state index contributed by atoms with van der Waals surface area (Å²) in [6.45, 7) is 7.24. The molecule has 3 atom stereocenters. The molecule has 3 aromatic carbocycles. The number of nitrogens with one attached hydrogen (secondary N) is 2. The summed E-state index contributed by atoms with van der Waals surface area (Å²) in [7, 11) is 2.07. The lowest BCUT2D eigenvalue weighted by Gasteiger charge is -2.38. The summed E-state index contributed by atoms with van der Waals surface area (Å²) in [4.78, 5) is 31.0. The van der Waals surface area contributed by atoms with E-state index >= 15 is 0 Å². The molecule has 0 radical (unpaired) electrons. The lowest BCUT2D eigenvalue weighted by atomic mass is 9.96. The average molecular weight is 585 g/mol. The van der Waals surface area contributed by atoms with Crippen LogP contribution in [0, 0.1) is 11.8 Å². The Morgan fingerprint density at radius 3 is 2.44 bits per heavy atom. The lowest BCUT2D eigenvalue weighted by molar-refractivity contribution is -0.120. The summed E-state index contributed by atoms with van der Waals surface area (Å²) in [6.07, 6.45) is 1.30. The second-order valence-electron chi connectivity index (χ2n) is 12.1. The first-order valence-electron chi connectivity index (χ1n) is 15.4. The Hall–Kier alpha value is -3.72. The molecule has 0 aromatic heterocycles. The van der Waals surface area contributed by atoms with E-state index in [1.165, 1.54) is 16.7 Å². The van der Waals surface area contributed by atoms with Gasteiger partial charge < -0.3 is 25.4 Å². The van der Waals surface area contributed by atoms with Gasteiger partial charge in [-0.2, -0.15) is 0 Å². The van der Waals surface area contributed by atoms with Crippen LogP contribution in [0.2, 0.25) is 0 Å². The number of fused-ring (bicyclic) bond motifs is 1. The maximum absolute atomic E-state index is 13.8. The van der Waals surface area contributed by atoms with Crippen LogP contribution in [0.25, 0.3) is 11.1 Å². The number of rotatable bonds is 9. The molecular formula is C35H44N4O4. The maximum atomic E-state index is 13.8. The molecule has 2 amide bonds. The third-order valence-electron chi connectivity index (χ3n) is 8.66. The van der Waals surface area contributed by atoms with Gasteiger partial charge in [-0.05, 0) is 68.7 Å². The fraction of sp³-hybridized carbons (Fsp3) is 0.429. The van der Waals surface area contributed by atoms with Crippen LogP contribution in [0.15, 0.2) is 72.8 Å². The van der Waals surface area contributed by atoms with Gasteiger partial charge in [-0.3, -0.25) is 14.5 Å². The number of carbonyl (C=O) groups excluding carboxylic acids is 2. The highest BCUT2D eigenvalue weighted by Gasteiger charge is 2.35. The number of para-hydroxylation sites is 1. The van der Waals surface area contributed by atoms with Crippen LogP contribution in [0.4, 0.5) is 5.69 Å². The van der Waals surface area contributed by atoms with Crippen molar-refractivity contribution in [3.63, 3.8) is 0 Å². The fourth-order valence-corrected chi connectivity index (χ4v) is 6.00. The number of carbonyl (C=O) groups is 2. The van der Waals surface area contributed by atoms with Gasteiger partial charge in [-0.15, -0.1) is 0 Å². The van der Waals surface area contributed by atoms with E-state index in [2.05, 4.69) is 65.9 Å². The predicted molar refractivity (Wildman–Crippen MR) is 170 cm³/mol. The Morgan fingerprint density at radius 1 is 1.05 bits per heavy atom. The van der Waals surface area contributed by atoms with Crippen molar-refractivity contribution >= 4 is 17.5 Å². The van der Waals surface area contributed by atoms with E-state index in [1.54, 1.807) is 17.0 Å². The minimum absolute atomic E-state index is 0.0258. The normalized spacial score (nSPS) is 20.1. The summed E-state index contributed by atoms with van der Waals surface area (Å²) < 4.78 is 6.71. The van der Waals surface area contributed by atoms with Crippen LogP contribution in [-0.4, -0.2) is 78.7 Å². The molecule has 0 aliphatic carbocycles. The van der Waals surface area contributed by atoms with Crippen LogP contribution in [0.3, 0.4) is 0 Å². The first-order valence-corrected chi connectivity index (χ1v) is 15.4. The number of amides is 2. The van der Waals surface area contributed by atoms with Gasteiger partial charge in [-0.1, -0.05) is 67.6 Å². The van der Waals surface area contributed by atoms with Crippen LogP contribution in [-0.2, 0) is 11.3 Å². The van der Waals surface area contributed by atoms with Gasteiger partial charge in [0.05, 0.1) is 23.9 Å². The molecule has 0 bridgehead atoms. The highest BCUT2D eigenvalue weighted by atomic mass is 16.5. The molecule has 8 nitrogen and oxygen atoms in total. The molecule has 1 fully saturated rings. The van der Waals surface area contributed by atoms with Gasteiger partial charge in [0.25, 0.3) is 5.91 Å². The molecule has 0 spiro atoms. The van der Waals surface area contributed by atoms with Crippen molar-refractivity contribution in [3.8, 4) is 16.9 Å². The molecule has 228 valence electrons. The van der Waals surface area contributed by atoms with E-state index in [0.29, 0.717) is 30.1 Å². The molecular weight excluding hydrogens is 540 g/mol. The molecule has 2 aliphatic rings. The van der Waals surface area contributed by atoms with E-state index in [1.807, 2.05) is 31.2 Å². The zero-order valence-electron chi connectivity index (χ0n) is 25.5. The number of anilines is 1. The molecule has 2 heterocycles. The molecule has 1 saturated heterocycles. The van der Waals surface area contributed by atoms with Crippen molar-refractivity contribution < 1.29 is 19.4 Å². The monoisotopic (exact) mass is 584 g/mol. The van der Waals surface area contributed by atoms with Gasteiger partial charge in [0, 0.05) is 31.5 Å². The fourth-order valence-electron chi connectivity index (χ4n) is 6.00. The van der Waals surface area contributed by atoms with E-state index in [-0.39, 0.29) is 42.4 Å². The first-order chi connectivity index (χ1) is 20.8. The summed E-state index contributed by atoms with van der Waals surface area (Å²) in [5, 5.41) is 16.4. The molecule has 0 saturated carbocycles. The Balaban J connectivity index is 1.37. The number of aliphatic hydroxyl groups excluding tert-OH is 1. The summed E-state index contributed by atoms with van der Waals surface area (Å²) in [6, 6.07) is 24.0. The number of piperidine rings is 1. The van der Waals surface area contributed by atoms with Crippen molar-refractivity contribution in [3.05, 3.63) is 83.9 Å². The van der Waals surface area contributed by atoms with Crippen molar-refractivity contribution in [2.45, 2.75) is 45.4 Å². The first kappa shape index (κ1) is 30.7. The summed E-state index contributed by atoms with van der Waals surface area (Å²) in [5.74, 6) is 0.0478. The number of hydrogen-bond acceptors (Lipinski definition) is 6. The third-order valence-corrected chi connectivity index (χ3v) is 8.66. The van der Waals surface area contributed by atoms with Crippen LogP contribution >= 0.6 is 0 Å². The Kier molecular flexibility index (Phi) is 10.1. The van der Waals surface area contributed by atoms with E-state index < -0.39 is 0 Å². The summed E-state index contributed by atoms with van der Waals surface area (Å²) in [5.41, 5.74) is 4.49. The van der Waals surface area contributed by atoms with E-state index in [9.17, 15) is 14.7 Å². The Morgan fingerprint density at radius 2 is 1.74 bits per heavy atom. The van der Waals surface area contributed by atoms with E-state index in [0.717, 1.165) is 32.5 Å². The minimum atomic E-state index is -0.351. The molecule has 5 rings (SSSR count). The largest absolute Gasteiger partial charge is 0.486 e. The molecule has 43 heavy (non-hydrogen) atoms. The van der Waals surface area contributed by atoms with Crippen molar-refractivity contribution in [2.75, 3.05) is 45.2 Å². The minimum Gasteiger partial charge on any atom is -0.486 e. The number of nitrogens with zero attached hydrogens (tertiary/aromatic N) is 2. The van der Waals surface area contributed by atoms with E-state index in [4.69, 9.17) is 4.74 Å². The van der Waals surface area contributed by atoms with Crippen molar-refractivity contribution in [1.29, 1.82) is 0 Å². The highest BCUT2D eigenvalue weighted by molar-refractivity contribution is 6.02. The Bertz CT molecular complexity index is 1370. The van der Waals surface area contributed by atoms with Gasteiger partial charge in [0.1, 0.15) is 6.10 Å². The summed E-state index contributed by atoms with van der Waals surface area (Å²) >= 11 is 0. The topological polar surface area (TPSA) is 94.1 Å². The second-order valence-corrected chi connectivity index (χ2v) is 12.1. The number of aliphatic hydroxyl groups is 1. The van der Waals surface area contributed by atoms with Crippen molar-refractivity contribution in [2.24, 2.45) is 11.8 Å². The van der Waals surface area contributed by atoms with Crippen molar-refractivity contribution in [1.82, 2.24) is 15.1 Å². The lowest BCUT2D eigenvalue weighted by Crippen LogP contribution is -2.49.